The molecule has 0 saturated carbocycles. The highest BCUT2D eigenvalue weighted by Gasteiger charge is 2.34. The molecule has 0 unspecified atom stereocenters. The van der Waals surface area contributed by atoms with Crippen LogP contribution in [0.4, 0.5) is 5.69 Å². The van der Waals surface area contributed by atoms with Gasteiger partial charge in [-0.05, 0) is 23.1 Å². The summed E-state index contributed by atoms with van der Waals surface area (Å²) in [5.41, 5.74) is 2.42. The van der Waals surface area contributed by atoms with E-state index in [1.54, 1.807) is 0 Å². The van der Waals surface area contributed by atoms with Crippen LogP contribution in [0.3, 0.4) is 0 Å². The van der Waals surface area contributed by atoms with Gasteiger partial charge in [0.2, 0.25) is 0 Å². The number of hydrogen-bond donors (Lipinski definition) is 2. The molecule has 0 aromatic heterocycles. The second-order valence-electron chi connectivity index (χ2n) is 6.75. The Balaban J connectivity index is 2.27. The van der Waals surface area contributed by atoms with Gasteiger partial charge in [-0.1, -0.05) is 32.9 Å². The fourth-order valence-corrected chi connectivity index (χ4v) is 2.55. The average molecular weight is 332 g/mol. The Labute approximate surface area is 142 Å². The molecular weight excluding hydrogens is 308 g/mol. The third kappa shape index (κ3) is 3.76. The highest BCUT2D eigenvalue weighted by atomic mass is 16.5. The standard InChI is InChI=1S/C18H24N2O4/c1-18(2,3)12-5-7-13(8-6-12)19-15-14(17(23)24-4)11-20(9-10-21)16(15)22/h5-8,19,21H,9-11H2,1-4H3. The zero-order valence-corrected chi connectivity index (χ0v) is 14.5. The number of rotatable bonds is 5. The Morgan fingerprint density at radius 2 is 1.92 bits per heavy atom. The van der Waals surface area contributed by atoms with Gasteiger partial charge < -0.3 is 20.1 Å². The molecule has 1 aliphatic heterocycles. The van der Waals surface area contributed by atoms with Gasteiger partial charge in [0, 0.05) is 12.2 Å². The first-order valence-electron chi connectivity index (χ1n) is 7.87. The summed E-state index contributed by atoms with van der Waals surface area (Å²) in [6.07, 6.45) is 0. The first-order valence-corrected chi connectivity index (χ1v) is 7.87. The van der Waals surface area contributed by atoms with E-state index in [9.17, 15) is 9.59 Å². The van der Waals surface area contributed by atoms with Crippen LogP contribution in [0.5, 0.6) is 0 Å². The molecule has 0 spiro atoms. The summed E-state index contributed by atoms with van der Waals surface area (Å²) in [6, 6.07) is 7.74. The molecule has 0 saturated heterocycles. The van der Waals surface area contributed by atoms with Gasteiger partial charge in [0.15, 0.2) is 0 Å². The first kappa shape index (κ1) is 18.0. The van der Waals surface area contributed by atoms with Crippen molar-refractivity contribution in [2.45, 2.75) is 26.2 Å². The van der Waals surface area contributed by atoms with E-state index in [4.69, 9.17) is 9.84 Å². The Kier molecular flexibility index (Phi) is 5.29. The molecule has 1 amide bonds. The van der Waals surface area contributed by atoms with Gasteiger partial charge in [-0.15, -0.1) is 0 Å². The highest BCUT2D eigenvalue weighted by Crippen LogP contribution is 2.26. The summed E-state index contributed by atoms with van der Waals surface area (Å²) in [5.74, 6) is -0.859. The number of nitrogens with zero attached hydrogens (tertiary/aromatic N) is 1. The molecule has 0 aliphatic carbocycles. The number of nitrogens with one attached hydrogen (secondary N) is 1. The Hall–Kier alpha value is -2.34. The maximum atomic E-state index is 12.4. The van der Waals surface area contributed by atoms with Crippen LogP contribution < -0.4 is 5.32 Å². The molecule has 0 bridgehead atoms. The number of β-amino-alcohol motifs (C(OH)–C–C–N with tert-alkyl or cyclic N) is 1. The van der Waals surface area contributed by atoms with Crippen LogP contribution in [0, 0.1) is 0 Å². The number of amides is 1. The number of methoxy groups -OCH3 is 1. The summed E-state index contributed by atoms with van der Waals surface area (Å²) in [4.78, 5) is 25.8. The number of aliphatic hydroxyl groups is 1. The third-order valence-electron chi connectivity index (χ3n) is 3.97. The molecule has 1 heterocycles. The molecule has 24 heavy (non-hydrogen) atoms. The molecule has 0 radical (unpaired) electrons. The Morgan fingerprint density at radius 1 is 1.29 bits per heavy atom. The van der Waals surface area contributed by atoms with Crippen LogP contribution in [0.15, 0.2) is 35.5 Å². The number of hydrogen-bond acceptors (Lipinski definition) is 5. The molecule has 6 nitrogen and oxygen atoms in total. The predicted octanol–water partition coefficient (Wildman–Crippen LogP) is 1.66. The van der Waals surface area contributed by atoms with Gasteiger partial charge in [0.25, 0.3) is 5.91 Å². The number of anilines is 1. The summed E-state index contributed by atoms with van der Waals surface area (Å²) < 4.78 is 4.76. The second kappa shape index (κ2) is 7.05. The normalized spacial score (nSPS) is 15.0. The van der Waals surface area contributed by atoms with Crippen LogP contribution >= 0.6 is 0 Å². The molecule has 130 valence electrons. The Bertz CT molecular complexity index is 657. The molecule has 2 rings (SSSR count). The number of carbonyl (C=O) groups excluding carboxylic acids is 2. The van der Waals surface area contributed by atoms with Crippen molar-refractivity contribution < 1.29 is 19.4 Å². The predicted molar refractivity (Wildman–Crippen MR) is 91.5 cm³/mol. The van der Waals surface area contributed by atoms with Gasteiger partial charge in [0.1, 0.15) is 5.70 Å². The highest BCUT2D eigenvalue weighted by molar-refractivity contribution is 6.08. The van der Waals surface area contributed by atoms with Gasteiger partial charge in [-0.2, -0.15) is 0 Å². The maximum Gasteiger partial charge on any atom is 0.337 e. The lowest BCUT2D eigenvalue weighted by atomic mass is 9.87. The number of aliphatic hydroxyl groups excluding tert-OH is 1. The maximum absolute atomic E-state index is 12.4. The molecule has 2 N–H and O–H groups in total. The molecule has 0 fully saturated rings. The van der Waals surface area contributed by atoms with E-state index in [0.29, 0.717) is 0 Å². The van der Waals surface area contributed by atoms with Crippen molar-refractivity contribution in [1.82, 2.24) is 4.90 Å². The van der Waals surface area contributed by atoms with Gasteiger partial charge >= 0.3 is 5.97 Å². The van der Waals surface area contributed by atoms with Crippen molar-refractivity contribution in [3.63, 3.8) is 0 Å². The lowest BCUT2D eigenvalue weighted by molar-refractivity contribution is -0.136. The van der Waals surface area contributed by atoms with E-state index in [-0.39, 0.29) is 42.3 Å². The molecule has 1 aromatic rings. The largest absolute Gasteiger partial charge is 0.466 e. The number of carbonyl (C=O) groups is 2. The smallest absolute Gasteiger partial charge is 0.337 e. The van der Waals surface area contributed by atoms with Crippen molar-refractivity contribution >= 4 is 17.6 Å². The van der Waals surface area contributed by atoms with E-state index >= 15 is 0 Å². The van der Waals surface area contributed by atoms with Crippen molar-refractivity contribution in [1.29, 1.82) is 0 Å². The van der Waals surface area contributed by atoms with Crippen molar-refractivity contribution in [3.05, 3.63) is 41.1 Å². The molecule has 0 atom stereocenters. The molecule has 6 heteroatoms. The quantitative estimate of drug-likeness (QED) is 0.802. The monoisotopic (exact) mass is 332 g/mol. The van der Waals surface area contributed by atoms with E-state index in [1.165, 1.54) is 17.6 Å². The number of esters is 1. The van der Waals surface area contributed by atoms with Crippen molar-refractivity contribution in [3.8, 4) is 0 Å². The van der Waals surface area contributed by atoms with E-state index < -0.39 is 5.97 Å². The van der Waals surface area contributed by atoms with Gasteiger partial charge in [-0.25, -0.2) is 4.79 Å². The van der Waals surface area contributed by atoms with E-state index in [2.05, 4.69) is 26.1 Å². The van der Waals surface area contributed by atoms with Crippen LogP contribution in [0.25, 0.3) is 0 Å². The van der Waals surface area contributed by atoms with Crippen molar-refractivity contribution in [2.75, 3.05) is 32.1 Å². The first-order chi connectivity index (χ1) is 11.3. The van der Waals surface area contributed by atoms with Gasteiger partial charge in [-0.3, -0.25) is 4.79 Å². The summed E-state index contributed by atoms with van der Waals surface area (Å²) in [5, 5.41) is 12.1. The minimum atomic E-state index is -0.544. The van der Waals surface area contributed by atoms with Crippen LogP contribution in [-0.2, 0) is 19.7 Å². The zero-order valence-electron chi connectivity index (χ0n) is 14.5. The van der Waals surface area contributed by atoms with Crippen LogP contribution in [-0.4, -0.2) is 48.7 Å². The fraction of sp³-hybridized carbons (Fsp3) is 0.444. The summed E-state index contributed by atoms with van der Waals surface area (Å²) >= 11 is 0. The Morgan fingerprint density at radius 3 is 2.42 bits per heavy atom. The molecular formula is C18H24N2O4. The lowest BCUT2D eigenvalue weighted by Gasteiger charge is -2.19. The minimum Gasteiger partial charge on any atom is -0.466 e. The zero-order chi connectivity index (χ0) is 17.9. The average Bonchev–Trinajstić information content (AvgIpc) is 2.84. The summed E-state index contributed by atoms with van der Waals surface area (Å²) in [6.45, 7) is 6.53. The van der Waals surface area contributed by atoms with Crippen LogP contribution in [0.2, 0.25) is 0 Å². The lowest BCUT2D eigenvalue weighted by Crippen LogP contribution is -2.31. The number of benzene rings is 1. The number of ether oxygens (including phenoxy) is 1. The fourth-order valence-electron chi connectivity index (χ4n) is 2.55. The van der Waals surface area contributed by atoms with E-state index in [0.717, 1.165) is 5.69 Å². The molecule has 1 aromatic carbocycles. The minimum absolute atomic E-state index is 0.0378. The van der Waals surface area contributed by atoms with Gasteiger partial charge in [0.05, 0.1) is 25.8 Å². The molecule has 1 aliphatic rings. The SMILES string of the molecule is COC(=O)C1=C(Nc2ccc(C(C)(C)C)cc2)C(=O)N(CCO)C1. The summed E-state index contributed by atoms with van der Waals surface area (Å²) in [7, 11) is 1.28. The van der Waals surface area contributed by atoms with Crippen molar-refractivity contribution in [2.24, 2.45) is 0 Å². The second-order valence-corrected chi connectivity index (χ2v) is 6.75. The van der Waals surface area contributed by atoms with E-state index in [1.807, 2.05) is 24.3 Å². The van der Waals surface area contributed by atoms with Crippen LogP contribution in [0.1, 0.15) is 26.3 Å². The topological polar surface area (TPSA) is 78.9 Å². The third-order valence-corrected chi connectivity index (χ3v) is 3.97.